The fraction of sp³-hybridized carbons (Fsp3) is 0.250. The van der Waals surface area contributed by atoms with Crippen LogP contribution in [0.1, 0.15) is 29.7 Å². The van der Waals surface area contributed by atoms with Gasteiger partial charge in [-0.3, -0.25) is 11.3 Å². The molecule has 2 aromatic carbocycles. The van der Waals surface area contributed by atoms with Gasteiger partial charge in [0.2, 0.25) is 0 Å². The Morgan fingerprint density at radius 1 is 1.00 bits per heavy atom. The predicted octanol–water partition coefficient (Wildman–Crippen LogP) is 3.41. The average molecular weight is 294 g/mol. The van der Waals surface area contributed by atoms with Crippen molar-refractivity contribution in [3.63, 3.8) is 0 Å². The highest BCUT2D eigenvalue weighted by atomic mass is 19.1. The lowest BCUT2D eigenvalue weighted by atomic mass is 9.97. The topological polar surface area (TPSA) is 38.0 Å². The van der Waals surface area contributed by atoms with Crippen molar-refractivity contribution in [2.24, 2.45) is 5.84 Å². The van der Waals surface area contributed by atoms with Gasteiger partial charge in [-0.05, 0) is 24.0 Å². The fourth-order valence-corrected chi connectivity index (χ4v) is 2.28. The SMILES string of the molecule is CCc1ccc(CC(NN)c2c(F)cc(F)cc2F)cc1. The van der Waals surface area contributed by atoms with Crippen LogP contribution in [-0.2, 0) is 12.8 Å². The van der Waals surface area contributed by atoms with Gasteiger partial charge < -0.3 is 0 Å². The Balaban J connectivity index is 2.27. The summed E-state index contributed by atoms with van der Waals surface area (Å²) in [6.07, 6.45) is 1.22. The molecular weight excluding hydrogens is 277 g/mol. The second-order valence-corrected chi connectivity index (χ2v) is 4.88. The molecule has 0 saturated carbocycles. The van der Waals surface area contributed by atoms with Gasteiger partial charge in [-0.25, -0.2) is 13.2 Å². The van der Waals surface area contributed by atoms with E-state index in [1.165, 1.54) is 5.56 Å². The maximum absolute atomic E-state index is 13.8. The number of hydrogen-bond donors (Lipinski definition) is 2. The molecule has 0 amide bonds. The number of hydrazine groups is 1. The molecule has 0 aromatic heterocycles. The van der Waals surface area contributed by atoms with E-state index in [4.69, 9.17) is 5.84 Å². The van der Waals surface area contributed by atoms with Crippen molar-refractivity contribution in [1.82, 2.24) is 5.43 Å². The molecule has 0 heterocycles. The first-order valence-corrected chi connectivity index (χ1v) is 6.73. The lowest BCUT2D eigenvalue weighted by Crippen LogP contribution is -2.31. The van der Waals surface area contributed by atoms with Crippen LogP contribution in [0.25, 0.3) is 0 Å². The normalized spacial score (nSPS) is 12.4. The van der Waals surface area contributed by atoms with Gasteiger partial charge in [-0.15, -0.1) is 0 Å². The molecule has 0 fully saturated rings. The Labute approximate surface area is 121 Å². The minimum absolute atomic E-state index is 0.251. The predicted molar refractivity (Wildman–Crippen MR) is 75.9 cm³/mol. The molecule has 2 rings (SSSR count). The number of halogens is 3. The molecule has 1 unspecified atom stereocenters. The van der Waals surface area contributed by atoms with Gasteiger partial charge in [0, 0.05) is 17.7 Å². The van der Waals surface area contributed by atoms with Gasteiger partial charge in [0.25, 0.3) is 0 Å². The molecule has 0 aliphatic carbocycles. The van der Waals surface area contributed by atoms with E-state index in [2.05, 4.69) is 5.43 Å². The van der Waals surface area contributed by atoms with Crippen molar-refractivity contribution in [1.29, 1.82) is 0 Å². The number of benzene rings is 2. The summed E-state index contributed by atoms with van der Waals surface area (Å²) in [5.41, 5.74) is 4.21. The van der Waals surface area contributed by atoms with Gasteiger partial charge in [0.15, 0.2) is 0 Å². The van der Waals surface area contributed by atoms with E-state index < -0.39 is 23.5 Å². The average Bonchev–Trinajstić information content (AvgIpc) is 2.45. The Kier molecular flexibility index (Phi) is 4.98. The second-order valence-electron chi connectivity index (χ2n) is 4.88. The Morgan fingerprint density at radius 2 is 1.52 bits per heavy atom. The smallest absolute Gasteiger partial charge is 0.133 e. The summed E-state index contributed by atoms with van der Waals surface area (Å²) >= 11 is 0. The monoisotopic (exact) mass is 294 g/mol. The highest BCUT2D eigenvalue weighted by Crippen LogP contribution is 2.25. The molecule has 21 heavy (non-hydrogen) atoms. The van der Waals surface area contributed by atoms with Gasteiger partial charge in [-0.1, -0.05) is 31.2 Å². The maximum atomic E-state index is 13.8. The molecular formula is C16H17F3N2. The van der Waals surface area contributed by atoms with Crippen LogP contribution in [0.15, 0.2) is 36.4 Å². The largest absolute Gasteiger partial charge is 0.271 e. The van der Waals surface area contributed by atoms with E-state index >= 15 is 0 Å². The van der Waals surface area contributed by atoms with Crippen LogP contribution in [0.4, 0.5) is 13.2 Å². The molecule has 1 atom stereocenters. The summed E-state index contributed by atoms with van der Waals surface area (Å²) < 4.78 is 40.5. The number of nitrogens with two attached hydrogens (primary N) is 1. The molecule has 3 N–H and O–H groups in total. The molecule has 112 valence electrons. The van der Waals surface area contributed by atoms with Crippen molar-refractivity contribution in [2.75, 3.05) is 0 Å². The van der Waals surface area contributed by atoms with E-state index in [1.807, 2.05) is 31.2 Å². The standard InChI is InChI=1S/C16H17F3N2/c1-2-10-3-5-11(6-4-10)7-15(21-20)16-13(18)8-12(17)9-14(16)19/h3-6,8-9,15,21H,2,7,20H2,1H3. The first-order chi connectivity index (χ1) is 10.0. The minimum atomic E-state index is -0.947. The van der Waals surface area contributed by atoms with Crippen LogP contribution in [0.5, 0.6) is 0 Å². The van der Waals surface area contributed by atoms with Gasteiger partial charge in [0.05, 0.1) is 6.04 Å². The zero-order chi connectivity index (χ0) is 15.4. The van der Waals surface area contributed by atoms with Gasteiger partial charge >= 0.3 is 0 Å². The molecule has 5 heteroatoms. The lowest BCUT2D eigenvalue weighted by Gasteiger charge is -2.18. The summed E-state index contributed by atoms with van der Waals surface area (Å²) in [6.45, 7) is 2.04. The van der Waals surface area contributed by atoms with Crippen molar-refractivity contribution >= 4 is 0 Å². The van der Waals surface area contributed by atoms with E-state index in [1.54, 1.807) is 0 Å². The third kappa shape index (κ3) is 3.62. The summed E-state index contributed by atoms with van der Waals surface area (Å²) in [4.78, 5) is 0. The van der Waals surface area contributed by atoms with Crippen molar-refractivity contribution in [2.45, 2.75) is 25.8 Å². The first kappa shape index (κ1) is 15.5. The van der Waals surface area contributed by atoms with E-state index in [9.17, 15) is 13.2 Å². The molecule has 0 bridgehead atoms. The fourth-order valence-electron chi connectivity index (χ4n) is 2.28. The second kappa shape index (κ2) is 6.74. The Hall–Kier alpha value is -1.85. The maximum Gasteiger partial charge on any atom is 0.133 e. The van der Waals surface area contributed by atoms with Crippen molar-refractivity contribution in [3.8, 4) is 0 Å². The lowest BCUT2D eigenvalue weighted by molar-refractivity contribution is 0.462. The first-order valence-electron chi connectivity index (χ1n) is 6.73. The van der Waals surface area contributed by atoms with E-state index in [0.717, 1.165) is 12.0 Å². The summed E-state index contributed by atoms with van der Waals surface area (Å²) in [5.74, 6) is 2.57. The number of nitrogens with one attached hydrogen (secondary N) is 1. The highest BCUT2D eigenvalue weighted by Gasteiger charge is 2.20. The summed E-state index contributed by atoms with van der Waals surface area (Å²) in [6, 6.07) is 8.25. The zero-order valence-electron chi connectivity index (χ0n) is 11.7. The molecule has 2 aromatic rings. The van der Waals surface area contributed by atoms with Crippen LogP contribution in [0, 0.1) is 17.5 Å². The van der Waals surface area contributed by atoms with E-state index in [0.29, 0.717) is 18.6 Å². The van der Waals surface area contributed by atoms with E-state index in [-0.39, 0.29) is 5.56 Å². The Bertz CT molecular complexity index is 588. The van der Waals surface area contributed by atoms with Gasteiger partial charge in [-0.2, -0.15) is 0 Å². The van der Waals surface area contributed by atoms with Crippen LogP contribution < -0.4 is 11.3 Å². The van der Waals surface area contributed by atoms with Crippen LogP contribution in [-0.4, -0.2) is 0 Å². The highest BCUT2D eigenvalue weighted by molar-refractivity contribution is 5.28. The third-order valence-corrected chi connectivity index (χ3v) is 3.46. The molecule has 0 saturated heterocycles. The molecule has 0 aliphatic rings. The van der Waals surface area contributed by atoms with Crippen molar-refractivity contribution in [3.05, 3.63) is 70.5 Å². The van der Waals surface area contributed by atoms with Crippen LogP contribution in [0.3, 0.4) is 0 Å². The number of hydrogen-bond acceptors (Lipinski definition) is 2. The number of rotatable bonds is 5. The van der Waals surface area contributed by atoms with Crippen molar-refractivity contribution < 1.29 is 13.2 Å². The molecule has 0 spiro atoms. The molecule has 0 radical (unpaired) electrons. The van der Waals surface area contributed by atoms with Gasteiger partial charge in [0.1, 0.15) is 17.5 Å². The van der Waals surface area contributed by atoms with Crippen LogP contribution >= 0.6 is 0 Å². The van der Waals surface area contributed by atoms with Crippen LogP contribution in [0.2, 0.25) is 0 Å². The molecule has 2 nitrogen and oxygen atoms in total. The quantitative estimate of drug-likeness (QED) is 0.655. The summed E-state index contributed by atoms with van der Waals surface area (Å²) in [7, 11) is 0. The molecule has 0 aliphatic heterocycles. The third-order valence-electron chi connectivity index (χ3n) is 3.46. The minimum Gasteiger partial charge on any atom is -0.271 e. The zero-order valence-corrected chi connectivity index (χ0v) is 11.7. The number of aryl methyl sites for hydroxylation is 1. The summed E-state index contributed by atoms with van der Waals surface area (Å²) in [5, 5.41) is 0. The Morgan fingerprint density at radius 3 is 2.00 bits per heavy atom.